The van der Waals surface area contributed by atoms with Crippen LogP contribution in [0.5, 0.6) is 0 Å². The standard InChI is InChI=1S/C12H26N4/c1-14-7-8-15(2)12(10-14)9-11-3-5-16(13)6-4-11/h11-12H,3-10,13H2,1-2H3. The van der Waals surface area contributed by atoms with Crippen molar-refractivity contribution in [2.45, 2.75) is 25.3 Å². The van der Waals surface area contributed by atoms with Crippen molar-refractivity contribution in [1.82, 2.24) is 14.8 Å². The first kappa shape index (κ1) is 12.3. The lowest BCUT2D eigenvalue weighted by Gasteiger charge is -2.40. The number of rotatable bonds is 2. The van der Waals surface area contributed by atoms with Crippen LogP contribution in [0.1, 0.15) is 19.3 Å². The van der Waals surface area contributed by atoms with Gasteiger partial charge in [-0.3, -0.25) is 5.84 Å². The first-order valence-electron chi connectivity index (χ1n) is 6.53. The topological polar surface area (TPSA) is 35.7 Å². The average Bonchev–Trinajstić information content (AvgIpc) is 2.27. The van der Waals surface area contributed by atoms with Crippen LogP contribution in [0, 0.1) is 5.92 Å². The van der Waals surface area contributed by atoms with E-state index in [1.807, 2.05) is 5.01 Å². The van der Waals surface area contributed by atoms with Crippen molar-refractivity contribution < 1.29 is 0 Å². The smallest absolute Gasteiger partial charge is 0.0223 e. The lowest BCUT2D eigenvalue weighted by Crippen LogP contribution is -2.51. The highest BCUT2D eigenvalue weighted by molar-refractivity contribution is 4.82. The van der Waals surface area contributed by atoms with Gasteiger partial charge in [-0.25, -0.2) is 5.01 Å². The Kier molecular flexibility index (Phi) is 4.19. The van der Waals surface area contributed by atoms with E-state index in [4.69, 9.17) is 5.84 Å². The number of likely N-dealkylation sites (N-methyl/N-ethyl adjacent to an activating group) is 2. The highest BCUT2D eigenvalue weighted by atomic mass is 15.4. The van der Waals surface area contributed by atoms with E-state index in [9.17, 15) is 0 Å². The number of nitrogens with zero attached hydrogens (tertiary/aromatic N) is 3. The molecule has 0 amide bonds. The third kappa shape index (κ3) is 3.17. The van der Waals surface area contributed by atoms with Gasteiger partial charge in [0, 0.05) is 38.8 Å². The summed E-state index contributed by atoms with van der Waals surface area (Å²) in [5.74, 6) is 6.68. The fourth-order valence-corrected chi connectivity index (χ4v) is 2.93. The molecular weight excluding hydrogens is 200 g/mol. The zero-order chi connectivity index (χ0) is 11.5. The normalized spacial score (nSPS) is 32.1. The monoisotopic (exact) mass is 226 g/mol. The quantitative estimate of drug-likeness (QED) is 0.683. The molecule has 4 nitrogen and oxygen atoms in total. The molecule has 2 heterocycles. The first-order valence-corrected chi connectivity index (χ1v) is 6.53. The third-order valence-electron chi connectivity index (χ3n) is 4.23. The summed E-state index contributed by atoms with van der Waals surface area (Å²) in [5, 5.41) is 1.97. The maximum Gasteiger partial charge on any atom is 0.0223 e. The van der Waals surface area contributed by atoms with Gasteiger partial charge in [0.25, 0.3) is 0 Å². The van der Waals surface area contributed by atoms with Crippen LogP contribution in [0.15, 0.2) is 0 Å². The SMILES string of the molecule is CN1CCN(C)C(CC2CCN(N)CC2)C1. The van der Waals surface area contributed by atoms with Crippen molar-refractivity contribution >= 4 is 0 Å². The van der Waals surface area contributed by atoms with Gasteiger partial charge >= 0.3 is 0 Å². The lowest BCUT2D eigenvalue weighted by atomic mass is 9.89. The molecule has 16 heavy (non-hydrogen) atoms. The Morgan fingerprint density at radius 2 is 1.75 bits per heavy atom. The molecule has 2 aliphatic rings. The Labute approximate surface area is 99.3 Å². The molecule has 2 aliphatic heterocycles. The maximum atomic E-state index is 5.79. The lowest BCUT2D eigenvalue weighted by molar-refractivity contribution is 0.0818. The van der Waals surface area contributed by atoms with Gasteiger partial charge in [-0.2, -0.15) is 0 Å². The van der Waals surface area contributed by atoms with Crippen molar-refractivity contribution in [3.63, 3.8) is 0 Å². The molecule has 94 valence electrons. The summed E-state index contributed by atoms with van der Waals surface area (Å²) in [6.45, 7) is 5.83. The molecule has 4 heteroatoms. The number of hydrogen-bond acceptors (Lipinski definition) is 4. The second kappa shape index (κ2) is 5.45. The molecule has 0 spiro atoms. The van der Waals surface area contributed by atoms with Crippen LogP contribution in [-0.4, -0.2) is 67.7 Å². The Balaban J connectivity index is 1.79. The van der Waals surface area contributed by atoms with Crippen LogP contribution in [0.4, 0.5) is 0 Å². The van der Waals surface area contributed by atoms with Crippen LogP contribution in [0.2, 0.25) is 0 Å². The maximum absolute atomic E-state index is 5.79. The van der Waals surface area contributed by atoms with Crippen LogP contribution < -0.4 is 5.84 Å². The van der Waals surface area contributed by atoms with Gasteiger partial charge in [-0.1, -0.05) is 0 Å². The summed E-state index contributed by atoms with van der Waals surface area (Å²) in [5.41, 5.74) is 0. The Morgan fingerprint density at radius 1 is 1.06 bits per heavy atom. The van der Waals surface area contributed by atoms with E-state index in [-0.39, 0.29) is 0 Å². The number of piperazine rings is 1. The number of hydrazine groups is 1. The number of hydrogen-bond donors (Lipinski definition) is 1. The van der Waals surface area contributed by atoms with E-state index in [0.717, 1.165) is 25.0 Å². The van der Waals surface area contributed by atoms with Gasteiger partial charge in [-0.15, -0.1) is 0 Å². The fraction of sp³-hybridized carbons (Fsp3) is 1.00. The minimum Gasteiger partial charge on any atom is -0.304 e. The summed E-state index contributed by atoms with van der Waals surface area (Å²) in [4.78, 5) is 5.00. The predicted octanol–water partition coefficient (Wildman–Crippen LogP) is 0.208. The van der Waals surface area contributed by atoms with Crippen molar-refractivity contribution in [2.75, 3.05) is 46.8 Å². The van der Waals surface area contributed by atoms with Crippen LogP contribution in [-0.2, 0) is 0 Å². The molecule has 2 saturated heterocycles. The molecular formula is C12H26N4. The number of nitrogens with two attached hydrogens (primary N) is 1. The Bertz CT molecular complexity index is 213. The zero-order valence-electron chi connectivity index (χ0n) is 10.7. The van der Waals surface area contributed by atoms with E-state index in [0.29, 0.717) is 0 Å². The van der Waals surface area contributed by atoms with Gasteiger partial charge < -0.3 is 9.80 Å². The fourth-order valence-electron chi connectivity index (χ4n) is 2.93. The van der Waals surface area contributed by atoms with Gasteiger partial charge in [0.15, 0.2) is 0 Å². The van der Waals surface area contributed by atoms with Crippen molar-refractivity contribution in [3.8, 4) is 0 Å². The molecule has 0 bridgehead atoms. The first-order chi connectivity index (χ1) is 7.65. The van der Waals surface area contributed by atoms with Crippen molar-refractivity contribution in [3.05, 3.63) is 0 Å². The van der Waals surface area contributed by atoms with Crippen molar-refractivity contribution in [2.24, 2.45) is 11.8 Å². The predicted molar refractivity (Wildman–Crippen MR) is 67.0 cm³/mol. The highest BCUT2D eigenvalue weighted by Crippen LogP contribution is 2.23. The largest absolute Gasteiger partial charge is 0.304 e. The molecule has 0 aliphatic carbocycles. The summed E-state index contributed by atoms with van der Waals surface area (Å²) in [6, 6.07) is 0.757. The van der Waals surface area contributed by atoms with E-state index in [1.54, 1.807) is 0 Å². The molecule has 1 atom stereocenters. The number of piperidine rings is 1. The van der Waals surface area contributed by atoms with E-state index in [1.165, 1.54) is 38.9 Å². The van der Waals surface area contributed by atoms with Gasteiger partial charge in [0.1, 0.15) is 0 Å². The Hall–Kier alpha value is -0.160. The van der Waals surface area contributed by atoms with Crippen LogP contribution in [0.25, 0.3) is 0 Å². The zero-order valence-corrected chi connectivity index (χ0v) is 10.7. The summed E-state index contributed by atoms with van der Waals surface area (Å²) in [7, 11) is 4.51. The van der Waals surface area contributed by atoms with E-state index >= 15 is 0 Å². The third-order valence-corrected chi connectivity index (χ3v) is 4.23. The van der Waals surface area contributed by atoms with E-state index in [2.05, 4.69) is 23.9 Å². The second-order valence-electron chi connectivity index (χ2n) is 5.61. The minimum atomic E-state index is 0.757. The molecule has 0 radical (unpaired) electrons. The van der Waals surface area contributed by atoms with Gasteiger partial charge in [0.05, 0.1) is 0 Å². The molecule has 0 aromatic heterocycles. The highest BCUT2D eigenvalue weighted by Gasteiger charge is 2.26. The minimum absolute atomic E-state index is 0.757. The molecule has 0 aromatic rings. The molecule has 0 saturated carbocycles. The molecule has 0 aromatic carbocycles. The molecule has 2 fully saturated rings. The van der Waals surface area contributed by atoms with Crippen LogP contribution >= 0.6 is 0 Å². The van der Waals surface area contributed by atoms with Crippen molar-refractivity contribution in [1.29, 1.82) is 0 Å². The van der Waals surface area contributed by atoms with Gasteiger partial charge in [0.2, 0.25) is 0 Å². The average molecular weight is 226 g/mol. The van der Waals surface area contributed by atoms with E-state index < -0.39 is 0 Å². The second-order valence-corrected chi connectivity index (χ2v) is 5.61. The molecule has 1 unspecified atom stereocenters. The molecule has 2 N–H and O–H groups in total. The van der Waals surface area contributed by atoms with Gasteiger partial charge in [-0.05, 0) is 39.3 Å². The summed E-state index contributed by atoms with van der Waals surface area (Å²) < 4.78 is 0. The Morgan fingerprint density at radius 3 is 2.44 bits per heavy atom. The summed E-state index contributed by atoms with van der Waals surface area (Å²) in [6.07, 6.45) is 3.92. The molecule has 2 rings (SSSR count). The summed E-state index contributed by atoms with van der Waals surface area (Å²) >= 11 is 0. The van der Waals surface area contributed by atoms with Crippen LogP contribution in [0.3, 0.4) is 0 Å².